The van der Waals surface area contributed by atoms with Gasteiger partial charge in [0.1, 0.15) is 0 Å². The Balaban J connectivity index is 2.41. The van der Waals surface area contributed by atoms with Crippen molar-refractivity contribution >= 4 is 0 Å². The van der Waals surface area contributed by atoms with E-state index in [4.69, 9.17) is 0 Å². The Kier molecular flexibility index (Phi) is 11.9. The fourth-order valence-electron chi connectivity index (χ4n) is 3.80. The molecule has 0 saturated heterocycles. The minimum absolute atomic E-state index is 0.754. The van der Waals surface area contributed by atoms with Gasteiger partial charge in [0.15, 0.2) is 0 Å². The highest BCUT2D eigenvalue weighted by Crippen LogP contribution is 2.24. The fraction of sp³-hybridized carbons (Fsp3) is 0.909. The van der Waals surface area contributed by atoms with E-state index in [-0.39, 0.29) is 0 Å². The van der Waals surface area contributed by atoms with E-state index in [1.165, 1.54) is 89.9 Å². The van der Waals surface area contributed by atoms with Gasteiger partial charge in [0.05, 0.1) is 0 Å². The third-order valence-electron chi connectivity index (χ3n) is 5.73. The van der Waals surface area contributed by atoms with Gasteiger partial charge in [0.25, 0.3) is 0 Å². The third-order valence-corrected chi connectivity index (χ3v) is 5.73. The highest BCUT2D eigenvalue weighted by Gasteiger charge is 2.10. The van der Waals surface area contributed by atoms with E-state index in [0.717, 1.165) is 17.8 Å². The van der Waals surface area contributed by atoms with Crippen molar-refractivity contribution in [1.82, 2.24) is 0 Å². The second-order valence-electron chi connectivity index (χ2n) is 7.88. The van der Waals surface area contributed by atoms with Gasteiger partial charge >= 0.3 is 0 Å². The Morgan fingerprint density at radius 1 is 0.773 bits per heavy atom. The third kappa shape index (κ3) is 9.70. The summed E-state index contributed by atoms with van der Waals surface area (Å²) in [6, 6.07) is 0. The molecule has 2 atom stereocenters. The lowest BCUT2D eigenvalue weighted by Crippen LogP contribution is -2.06. The molecule has 0 aromatic heterocycles. The van der Waals surface area contributed by atoms with Gasteiger partial charge < -0.3 is 0 Å². The zero-order chi connectivity index (χ0) is 16.0. The minimum atomic E-state index is 0.754. The second kappa shape index (κ2) is 13.2. The molecule has 0 amide bonds. The monoisotopic (exact) mass is 306 g/mol. The van der Waals surface area contributed by atoms with Gasteiger partial charge in [-0.3, -0.25) is 0 Å². The molecule has 1 aliphatic rings. The summed E-state index contributed by atoms with van der Waals surface area (Å²) < 4.78 is 0. The summed E-state index contributed by atoms with van der Waals surface area (Å²) >= 11 is 0. The van der Waals surface area contributed by atoms with Crippen molar-refractivity contribution in [2.75, 3.05) is 0 Å². The van der Waals surface area contributed by atoms with Crippen LogP contribution in [0.15, 0.2) is 12.2 Å². The Hall–Kier alpha value is -0.260. The van der Waals surface area contributed by atoms with E-state index >= 15 is 0 Å². The minimum Gasteiger partial charge on any atom is -0.0852 e. The number of hydrogen-bond donors (Lipinski definition) is 0. The molecule has 1 rings (SSSR count). The lowest BCUT2D eigenvalue weighted by atomic mass is 9.88. The van der Waals surface area contributed by atoms with Crippen LogP contribution in [-0.4, -0.2) is 0 Å². The zero-order valence-corrected chi connectivity index (χ0v) is 15.8. The molecular weight excluding hydrogens is 264 g/mol. The average Bonchev–Trinajstić information content (AvgIpc) is 2.54. The van der Waals surface area contributed by atoms with Crippen molar-refractivity contribution in [2.24, 2.45) is 17.8 Å². The molecular formula is C22H42. The van der Waals surface area contributed by atoms with Crippen LogP contribution in [0, 0.1) is 17.8 Å². The van der Waals surface area contributed by atoms with Crippen molar-refractivity contribution in [2.45, 2.75) is 111 Å². The van der Waals surface area contributed by atoms with E-state index in [2.05, 4.69) is 32.9 Å². The Bertz CT molecular complexity index is 251. The molecule has 0 radical (unpaired) electrons. The predicted octanol–water partition coefficient (Wildman–Crippen LogP) is 7.93. The molecule has 1 fully saturated rings. The van der Waals surface area contributed by atoms with Gasteiger partial charge in [-0.15, -0.1) is 0 Å². The van der Waals surface area contributed by atoms with Crippen molar-refractivity contribution in [3.8, 4) is 0 Å². The first-order valence-corrected chi connectivity index (χ1v) is 10.4. The first-order chi connectivity index (χ1) is 10.7. The molecule has 1 aliphatic carbocycles. The number of allylic oxidation sites excluding steroid dienone is 2. The van der Waals surface area contributed by atoms with Gasteiger partial charge in [-0.2, -0.15) is 0 Å². The largest absolute Gasteiger partial charge is 0.0852 e. The van der Waals surface area contributed by atoms with Crippen molar-refractivity contribution in [1.29, 1.82) is 0 Å². The fourth-order valence-corrected chi connectivity index (χ4v) is 3.80. The molecule has 0 N–H and O–H groups in total. The molecule has 0 heteroatoms. The first kappa shape index (κ1) is 19.8. The standard InChI is InChI=1S/C22H42/c1-4-15-20(2)21(3)18-19-22-16-13-11-9-7-5-6-8-10-12-14-17-22/h18-22H,4-17H2,1-3H3. The molecule has 0 aliphatic heterocycles. The van der Waals surface area contributed by atoms with Gasteiger partial charge in [-0.05, 0) is 30.6 Å². The lowest BCUT2D eigenvalue weighted by molar-refractivity contribution is 0.417. The normalized spacial score (nSPS) is 23.4. The first-order valence-electron chi connectivity index (χ1n) is 10.4. The van der Waals surface area contributed by atoms with Gasteiger partial charge in [0, 0.05) is 0 Å². The van der Waals surface area contributed by atoms with E-state index in [1.807, 2.05) is 0 Å². The van der Waals surface area contributed by atoms with Gasteiger partial charge in [0.2, 0.25) is 0 Å². The smallest absolute Gasteiger partial charge is 0.0233 e. The van der Waals surface area contributed by atoms with E-state index in [9.17, 15) is 0 Å². The molecule has 1 saturated carbocycles. The highest BCUT2D eigenvalue weighted by molar-refractivity contribution is 4.93. The molecule has 0 spiro atoms. The average molecular weight is 307 g/mol. The van der Waals surface area contributed by atoms with E-state index in [1.54, 1.807) is 0 Å². The summed E-state index contributed by atoms with van der Waals surface area (Å²) in [5.41, 5.74) is 0. The molecule has 0 nitrogen and oxygen atoms in total. The summed E-state index contributed by atoms with van der Waals surface area (Å²) in [5, 5.41) is 0. The van der Waals surface area contributed by atoms with Crippen molar-refractivity contribution in [3.63, 3.8) is 0 Å². The second-order valence-corrected chi connectivity index (χ2v) is 7.88. The van der Waals surface area contributed by atoms with Crippen LogP contribution in [0.1, 0.15) is 111 Å². The molecule has 2 unspecified atom stereocenters. The lowest BCUT2D eigenvalue weighted by Gasteiger charge is -2.18. The quantitative estimate of drug-likeness (QED) is 0.452. The van der Waals surface area contributed by atoms with Crippen molar-refractivity contribution < 1.29 is 0 Å². The van der Waals surface area contributed by atoms with Crippen LogP contribution in [0.3, 0.4) is 0 Å². The van der Waals surface area contributed by atoms with Crippen LogP contribution in [0.5, 0.6) is 0 Å². The summed E-state index contributed by atoms with van der Waals surface area (Å²) in [6.07, 6.45) is 25.4. The molecule has 0 aromatic carbocycles. The van der Waals surface area contributed by atoms with Crippen LogP contribution in [0.2, 0.25) is 0 Å². The van der Waals surface area contributed by atoms with Crippen LogP contribution in [-0.2, 0) is 0 Å². The van der Waals surface area contributed by atoms with Crippen molar-refractivity contribution in [3.05, 3.63) is 12.2 Å². The Morgan fingerprint density at radius 2 is 1.23 bits per heavy atom. The van der Waals surface area contributed by atoms with E-state index < -0.39 is 0 Å². The van der Waals surface area contributed by atoms with Crippen LogP contribution < -0.4 is 0 Å². The number of rotatable bonds is 5. The molecule has 22 heavy (non-hydrogen) atoms. The van der Waals surface area contributed by atoms with Crippen LogP contribution in [0.25, 0.3) is 0 Å². The van der Waals surface area contributed by atoms with E-state index in [0.29, 0.717) is 0 Å². The molecule has 0 heterocycles. The Labute approximate surface area is 141 Å². The maximum Gasteiger partial charge on any atom is -0.0233 e. The highest BCUT2D eigenvalue weighted by atomic mass is 14.2. The predicted molar refractivity (Wildman–Crippen MR) is 101 cm³/mol. The molecule has 130 valence electrons. The summed E-state index contributed by atoms with van der Waals surface area (Å²) in [6.45, 7) is 7.14. The van der Waals surface area contributed by atoms with Gasteiger partial charge in [-0.1, -0.05) is 110 Å². The van der Waals surface area contributed by atoms with Gasteiger partial charge in [-0.25, -0.2) is 0 Å². The summed E-state index contributed by atoms with van der Waals surface area (Å²) in [4.78, 5) is 0. The van der Waals surface area contributed by atoms with Crippen LogP contribution in [0.4, 0.5) is 0 Å². The summed E-state index contributed by atoms with van der Waals surface area (Å²) in [7, 11) is 0. The maximum absolute atomic E-state index is 2.59. The topological polar surface area (TPSA) is 0 Å². The zero-order valence-electron chi connectivity index (χ0n) is 15.8. The maximum atomic E-state index is 2.59. The molecule has 0 bridgehead atoms. The SMILES string of the molecule is CCCC(C)C(C)C=CC1CCCCCCCCCCCC1. The molecule has 0 aromatic rings. The summed E-state index contributed by atoms with van der Waals surface area (Å²) in [5.74, 6) is 2.46. The number of hydrogen-bond acceptors (Lipinski definition) is 0. The van der Waals surface area contributed by atoms with Crippen LogP contribution >= 0.6 is 0 Å². The Morgan fingerprint density at radius 3 is 1.68 bits per heavy atom.